The molecule has 13 heavy (non-hydrogen) atoms. The third-order valence-corrected chi connectivity index (χ3v) is 2.83. The van der Waals surface area contributed by atoms with E-state index in [-0.39, 0.29) is 6.10 Å². The molecule has 1 aliphatic rings. The molecule has 0 aromatic carbocycles. The fourth-order valence-corrected chi connectivity index (χ4v) is 1.84. The lowest BCUT2D eigenvalue weighted by Crippen LogP contribution is -2.41. The highest BCUT2D eigenvalue weighted by Crippen LogP contribution is 2.31. The standard InChI is InChI=1S/C10H15NO2/c1-7-3-4-9(13-7)10(2)8(12)5-6-11-10/h3-4,8,11-12H,5-6H2,1-2H3. The Balaban J connectivity index is 2.33. The van der Waals surface area contributed by atoms with Gasteiger partial charge in [0, 0.05) is 0 Å². The van der Waals surface area contributed by atoms with Gasteiger partial charge in [0.2, 0.25) is 0 Å². The van der Waals surface area contributed by atoms with E-state index in [1.807, 2.05) is 26.0 Å². The minimum Gasteiger partial charge on any atom is -0.464 e. The average molecular weight is 181 g/mol. The Morgan fingerprint density at radius 3 is 2.85 bits per heavy atom. The van der Waals surface area contributed by atoms with Crippen LogP contribution in [0.1, 0.15) is 24.9 Å². The lowest BCUT2D eigenvalue weighted by atomic mass is 9.94. The molecule has 0 radical (unpaired) electrons. The molecule has 1 aromatic heterocycles. The van der Waals surface area contributed by atoms with Crippen molar-refractivity contribution in [1.29, 1.82) is 0 Å². The molecular weight excluding hydrogens is 166 g/mol. The number of aryl methyl sites for hydroxylation is 1. The Morgan fingerprint density at radius 2 is 2.38 bits per heavy atom. The van der Waals surface area contributed by atoms with Crippen molar-refractivity contribution >= 4 is 0 Å². The van der Waals surface area contributed by atoms with Gasteiger partial charge in [-0.25, -0.2) is 0 Å². The first kappa shape index (κ1) is 8.78. The molecule has 0 bridgehead atoms. The smallest absolute Gasteiger partial charge is 0.126 e. The maximum absolute atomic E-state index is 9.79. The molecule has 1 saturated heterocycles. The van der Waals surface area contributed by atoms with Crippen LogP contribution in [0.2, 0.25) is 0 Å². The van der Waals surface area contributed by atoms with Gasteiger partial charge in [0.1, 0.15) is 17.1 Å². The van der Waals surface area contributed by atoms with Gasteiger partial charge in [-0.15, -0.1) is 0 Å². The third kappa shape index (κ3) is 1.28. The number of nitrogens with one attached hydrogen (secondary N) is 1. The fourth-order valence-electron chi connectivity index (χ4n) is 1.84. The Labute approximate surface area is 77.8 Å². The summed E-state index contributed by atoms with van der Waals surface area (Å²) in [6.07, 6.45) is 0.439. The second-order valence-corrected chi connectivity index (χ2v) is 3.84. The Kier molecular flexibility index (Phi) is 1.93. The van der Waals surface area contributed by atoms with E-state index < -0.39 is 5.54 Å². The zero-order valence-electron chi connectivity index (χ0n) is 8.00. The van der Waals surface area contributed by atoms with Gasteiger partial charge in [-0.05, 0) is 38.9 Å². The highest BCUT2D eigenvalue weighted by Gasteiger charge is 2.41. The van der Waals surface area contributed by atoms with Crippen molar-refractivity contribution in [2.75, 3.05) is 6.54 Å². The first-order chi connectivity index (χ1) is 6.13. The lowest BCUT2D eigenvalue weighted by molar-refractivity contribution is 0.0922. The van der Waals surface area contributed by atoms with Gasteiger partial charge in [-0.1, -0.05) is 0 Å². The topological polar surface area (TPSA) is 45.4 Å². The minimum absolute atomic E-state index is 0.349. The first-order valence-corrected chi connectivity index (χ1v) is 4.63. The van der Waals surface area contributed by atoms with Gasteiger partial charge in [-0.2, -0.15) is 0 Å². The van der Waals surface area contributed by atoms with E-state index in [9.17, 15) is 5.11 Å². The van der Waals surface area contributed by atoms with Gasteiger partial charge >= 0.3 is 0 Å². The normalized spacial score (nSPS) is 33.9. The minimum atomic E-state index is -0.395. The maximum Gasteiger partial charge on any atom is 0.126 e. The second-order valence-electron chi connectivity index (χ2n) is 3.84. The van der Waals surface area contributed by atoms with Crippen molar-refractivity contribution in [3.8, 4) is 0 Å². The van der Waals surface area contributed by atoms with Crippen LogP contribution in [0, 0.1) is 6.92 Å². The molecule has 0 spiro atoms. The second kappa shape index (κ2) is 2.86. The Hall–Kier alpha value is -0.800. The number of aliphatic hydroxyl groups is 1. The SMILES string of the molecule is Cc1ccc(C2(C)NCCC2O)o1. The summed E-state index contributed by atoms with van der Waals surface area (Å²) in [5.74, 6) is 1.71. The van der Waals surface area contributed by atoms with Gasteiger partial charge < -0.3 is 14.8 Å². The van der Waals surface area contributed by atoms with Gasteiger partial charge in [0.15, 0.2) is 0 Å². The van der Waals surface area contributed by atoms with E-state index in [4.69, 9.17) is 4.42 Å². The van der Waals surface area contributed by atoms with Crippen LogP contribution in [0.3, 0.4) is 0 Å². The Morgan fingerprint density at radius 1 is 1.62 bits per heavy atom. The molecule has 3 heteroatoms. The van der Waals surface area contributed by atoms with Crippen molar-refractivity contribution in [3.63, 3.8) is 0 Å². The van der Waals surface area contributed by atoms with Crippen molar-refractivity contribution < 1.29 is 9.52 Å². The van der Waals surface area contributed by atoms with Crippen LogP contribution in [0.4, 0.5) is 0 Å². The number of rotatable bonds is 1. The molecule has 72 valence electrons. The first-order valence-electron chi connectivity index (χ1n) is 4.63. The quantitative estimate of drug-likeness (QED) is 0.683. The summed E-state index contributed by atoms with van der Waals surface area (Å²) < 4.78 is 5.52. The van der Waals surface area contributed by atoms with Crippen LogP contribution >= 0.6 is 0 Å². The number of aliphatic hydroxyl groups excluding tert-OH is 1. The molecule has 0 aliphatic carbocycles. The lowest BCUT2D eigenvalue weighted by Gasteiger charge is -2.25. The van der Waals surface area contributed by atoms with Crippen LogP contribution in [0.5, 0.6) is 0 Å². The molecule has 0 amide bonds. The zero-order chi connectivity index (χ0) is 9.47. The Bertz CT molecular complexity index is 308. The van der Waals surface area contributed by atoms with E-state index in [1.54, 1.807) is 0 Å². The van der Waals surface area contributed by atoms with Crippen LogP contribution in [0.15, 0.2) is 16.5 Å². The van der Waals surface area contributed by atoms with E-state index >= 15 is 0 Å². The summed E-state index contributed by atoms with van der Waals surface area (Å²) in [7, 11) is 0. The average Bonchev–Trinajstić information content (AvgIpc) is 2.62. The van der Waals surface area contributed by atoms with Gasteiger partial charge in [0.25, 0.3) is 0 Å². The van der Waals surface area contributed by atoms with Gasteiger partial charge in [0.05, 0.1) is 6.10 Å². The van der Waals surface area contributed by atoms with Gasteiger partial charge in [-0.3, -0.25) is 0 Å². The van der Waals surface area contributed by atoms with Crippen molar-refractivity contribution in [3.05, 3.63) is 23.7 Å². The molecule has 3 nitrogen and oxygen atoms in total. The maximum atomic E-state index is 9.79. The molecule has 2 heterocycles. The van der Waals surface area contributed by atoms with Crippen LogP contribution in [0.25, 0.3) is 0 Å². The molecule has 0 saturated carbocycles. The van der Waals surface area contributed by atoms with E-state index in [0.717, 1.165) is 24.5 Å². The predicted octanol–water partition coefficient (Wildman–Crippen LogP) is 1.16. The molecule has 2 N–H and O–H groups in total. The number of hydrogen-bond acceptors (Lipinski definition) is 3. The van der Waals surface area contributed by atoms with E-state index in [1.165, 1.54) is 0 Å². The van der Waals surface area contributed by atoms with Crippen molar-refractivity contribution in [1.82, 2.24) is 5.32 Å². The van der Waals surface area contributed by atoms with Crippen molar-refractivity contribution in [2.45, 2.75) is 31.9 Å². The van der Waals surface area contributed by atoms with E-state index in [0.29, 0.717) is 0 Å². The summed E-state index contributed by atoms with van der Waals surface area (Å²) in [5, 5.41) is 13.1. The highest BCUT2D eigenvalue weighted by molar-refractivity contribution is 5.18. The van der Waals surface area contributed by atoms with Crippen LogP contribution in [-0.2, 0) is 5.54 Å². The predicted molar refractivity (Wildman–Crippen MR) is 49.4 cm³/mol. The zero-order valence-corrected chi connectivity index (χ0v) is 8.00. The number of hydrogen-bond donors (Lipinski definition) is 2. The summed E-state index contributed by atoms with van der Waals surface area (Å²) in [4.78, 5) is 0. The fraction of sp³-hybridized carbons (Fsp3) is 0.600. The van der Waals surface area contributed by atoms with Crippen LogP contribution < -0.4 is 5.32 Å². The highest BCUT2D eigenvalue weighted by atomic mass is 16.3. The molecule has 1 aromatic rings. The molecule has 2 rings (SSSR count). The molecule has 1 fully saturated rings. The monoisotopic (exact) mass is 181 g/mol. The third-order valence-electron chi connectivity index (χ3n) is 2.83. The summed E-state index contributed by atoms with van der Waals surface area (Å²) in [6.45, 7) is 4.73. The summed E-state index contributed by atoms with van der Waals surface area (Å²) in [5.41, 5.74) is -0.395. The molecule has 2 atom stereocenters. The molecule has 2 unspecified atom stereocenters. The van der Waals surface area contributed by atoms with Crippen LogP contribution in [-0.4, -0.2) is 17.8 Å². The molecule has 1 aliphatic heterocycles. The number of furan rings is 1. The largest absolute Gasteiger partial charge is 0.464 e. The van der Waals surface area contributed by atoms with E-state index in [2.05, 4.69) is 5.32 Å². The summed E-state index contributed by atoms with van der Waals surface area (Å²) >= 11 is 0. The summed E-state index contributed by atoms with van der Waals surface area (Å²) in [6, 6.07) is 3.85. The molecular formula is C10H15NO2. The van der Waals surface area contributed by atoms with Crippen molar-refractivity contribution in [2.24, 2.45) is 0 Å².